The van der Waals surface area contributed by atoms with Crippen LogP contribution in [0, 0.1) is 0 Å². The Labute approximate surface area is 92.7 Å². The summed E-state index contributed by atoms with van der Waals surface area (Å²) in [6, 6.07) is 2.47. The van der Waals surface area contributed by atoms with Crippen molar-refractivity contribution in [2.75, 3.05) is 0 Å². The summed E-state index contributed by atoms with van der Waals surface area (Å²) in [6.07, 6.45) is -6.29. The van der Waals surface area contributed by atoms with Gasteiger partial charge in [-0.25, -0.2) is 8.78 Å². The molecule has 0 saturated heterocycles. The number of halogens is 5. The number of hydrogen-bond acceptors (Lipinski definition) is 1. The summed E-state index contributed by atoms with van der Waals surface area (Å²) in [4.78, 5) is 10.2. The maximum Gasteiger partial charge on any atom is 0.416 e. The number of benzene rings is 1. The molecule has 0 spiro atoms. The summed E-state index contributed by atoms with van der Waals surface area (Å²) >= 11 is 0. The van der Waals surface area contributed by atoms with Gasteiger partial charge in [0.05, 0.1) is 5.56 Å². The van der Waals surface area contributed by atoms with Crippen molar-refractivity contribution in [1.82, 2.24) is 0 Å². The zero-order chi connectivity index (χ0) is 13.3. The van der Waals surface area contributed by atoms with Crippen molar-refractivity contribution in [2.24, 2.45) is 0 Å². The molecule has 0 unspecified atom stereocenters. The summed E-state index contributed by atoms with van der Waals surface area (Å²) < 4.78 is 63.2. The maximum atomic E-state index is 13.2. The zero-order valence-electron chi connectivity index (χ0n) is 8.26. The summed E-state index contributed by atoms with van der Waals surface area (Å²) in [5.41, 5.74) is -2.20. The second-order valence-electron chi connectivity index (χ2n) is 3.35. The predicted molar refractivity (Wildman–Crippen MR) is 47.6 cm³/mol. The molecule has 0 saturated carbocycles. The van der Waals surface area contributed by atoms with Crippen molar-refractivity contribution < 1.29 is 31.9 Å². The minimum Gasteiger partial charge on any atom is -0.481 e. The molecule has 7 heteroatoms. The van der Waals surface area contributed by atoms with Crippen molar-refractivity contribution >= 4 is 5.97 Å². The van der Waals surface area contributed by atoms with Crippen LogP contribution in [-0.4, -0.2) is 11.1 Å². The monoisotopic (exact) mass is 254 g/mol. The second-order valence-corrected chi connectivity index (χ2v) is 3.35. The fourth-order valence-electron chi connectivity index (χ4n) is 1.22. The average Bonchev–Trinajstić information content (AvgIpc) is 2.14. The van der Waals surface area contributed by atoms with Crippen LogP contribution in [0.1, 0.15) is 17.5 Å². The van der Waals surface area contributed by atoms with Gasteiger partial charge in [-0.05, 0) is 12.1 Å². The first-order valence-electron chi connectivity index (χ1n) is 4.40. The Morgan fingerprint density at radius 1 is 1.12 bits per heavy atom. The molecule has 0 fully saturated rings. The smallest absolute Gasteiger partial charge is 0.416 e. The van der Waals surface area contributed by atoms with Gasteiger partial charge in [-0.2, -0.15) is 13.2 Å². The molecule has 0 aromatic heterocycles. The highest BCUT2D eigenvalue weighted by molar-refractivity contribution is 5.68. The van der Waals surface area contributed by atoms with Crippen molar-refractivity contribution in [3.8, 4) is 0 Å². The molecular weight excluding hydrogens is 247 g/mol. The third-order valence-electron chi connectivity index (χ3n) is 1.99. The van der Waals surface area contributed by atoms with Crippen molar-refractivity contribution in [3.05, 3.63) is 35.4 Å². The van der Waals surface area contributed by atoms with Crippen LogP contribution in [0.3, 0.4) is 0 Å². The highest BCUT2D eigenvalue weighted by Crippen LogP contribution is 2.36. The summed E-state index contributed by atoms with van der Waals surface area (Å²) in [5, 5.41) is 8.24. The third-order valence-corrected chi connectivity index (χ3v) is 1.99. The van der Waals surface area contributed by atoms with Crippen LogP contribution in [0.15, 0.2) is 24.3 Å². The predicted octanol–water partition coefficient (Wildman–Crippen LogP) is 3.27. The first-order chi connectivity index (χ1) is 7.63. The van der Waals surface area contributed by atoms with Crippen LogP contribution < -0.4 is 0 Å². The van der Waals surface area contributed by atoms with Crippen LogP contribution in [0.4, 0.5) is 22.0 Å². The van der Waals surface area contributed by atoms with E-state index in [1.165, 1.54) is 0 Å². The fourth-order valence-corrected chi connectivity index (χ4v) is 1.22. The molecule has 0 aliphatic heterocycles. The Bertz CT molecular complexity index is 425. The van der Waals surface area contributed by atoms with Gasteiger partial charge in [0.15, 0.2) is 0 Å². The molecular formula is C10H7F5O2. The molecule has 0 heterocycles. The van der Waals surface area contributed by atoms with E-state index >= 15 is 0 Å². The Balaban J connectivity index is 3.11. The average molecular weight is 254 g/mol. The van der Waals surface area contributed by atoms with Crippen LogP contribution in [0.5, 0.6) is 0 Å². The van der Waals surface area contributed by atoms with Gasteiger partial charge in [-0.1, -0.05) is 12.1 Å². The van der Waals surface area contributed by atoms with E-state index in [-0.39, 0.29) is 6.07 Å². The van der Waals surface area contributed by atoms with Gasteiger partial charge >= 0.3 is 12.1 Å². The summed E-state index contributed by atoms with van der Waals surface area (Å²) in [5.74, 6) is -5.61. The van der Waals surface area contributed by atoms with Gasteiger partial charge < -0.3 is 5.11 Å². The first kappa shape index (κ1) is 13.4. The summed E-state index contributed by atoms with van der Waals surface area (Å²) in [6.45, 7) is 0. The van der Waals surface area contributed by atoms with E-state index in [1.54, 1.807) is 0 Å². The second kappa shape index (κ2) is 4.31. The zero-order valence-corrected chi connectivity index (χ0v) is 8.26. The lowest BCUT2D eigenvalue weighted by Crippen LogP contribution is -2.19. The van der Waals surface area contributed by atoms with Gasteiger partial charge in [0, 0.05) is 5.56 Å². The molecule has 1 aromatic carbocycles. The van der Waals surface area contributed by atoms with E-state index < -0.39 is 35.6 Å². The number of carbonyl (C=O) groups is 1. The number of aliphatic carboxylic acids is 1. The minimum atomic E-state index is -4.74. The molecule has 0 atom stereocenters. The van der Waals surface area contributed by atoms with Crippen LogP contribution in [0.2, 0.25) is 0 Å². The molecule has 0 bridgehead atoms. The molecule has 2 nitrogen and oxygen atoms in total. The molecule has 1 N–H and O–H groups in total. The van der Waals surface area contributed by atoms with E-state index in [9.17, 15) is 26.7 Å². The molecule has 0 aliphatic carbocycles. The van der Waals surface area contributed by atoms with Gasteiger partial charge in [-0.15, -0.1) is 0 Å². The number of carboxylic acid groups (broad SMARTS) is 1. The fraction of sp³-hybridized carbons (Fsp3) is 0.300. The molecule has 0 amide bonds. The molecule has 1 aromatic rings. The van der Waals surface area contributed by atoms with Gasteiger partial charge in [0.2, 0.25) is 0 Å². The van der Waals surface area contributed by atoms with E-state index in [0.29, 0.717) is 6.07 Å². The Morgan fingerprint density at radius 3 is 2.12 bits per heavy atom. The quantitative estimate of drug-likeness (QED) is 0.840. The Morgan fingerprint density at radius 2 is 1.65 bits per heavy atom. The van der Waals surface area contributed by atoms with Crippen LogP contribution in [0.25, 0.3) is 0 Å². The number of alkyl halides is 5. The van der Waals surface area contributed by atoms with E-state index in [1.807, 2.05) is 0 Å². The minimum absolute atomic E-state index is 0.253. The maximum absolute atomic E-state index is 13.2. The van der Waals surface area contributed by atoms with Crippen molar-refractivity contribution in [1.29, 1.82) is 0 Å². The highest BCUT2D eigenvalue weighted by Gasteiger charge is 2.37. The van der Waals surface area contributed by atoms with Gasteiger partial charge in [0.25, 0.3) is 5.92 Å². The number of rotatable bonds is 3. The Kier molecular flexibility index (Phi) is 3.40. The van der Waals surface area contributed by atoms with E-state index in [2.05, 4.69) is 0 Å². The molecule has 0 radical (unpaired) electrons. The van der Waals surface area contributed by atoms with Crippen LogP contribution in [-0.2, 0) is 16.9 Å². The van der Waals surface area contributed by atoms with Gasteiger partial charge in [-0.3, -0.25) is 4.79 Å². The van der Waals surface area contributed by atoms with Crippen molar-refractivity contribution in [3.63, 3.8) is 0 Å². The SMILES string of the molecule is O=C(O)CC(F)(F)c1cccc(C(F)(F)F)c1. The number of carboxylic acids is 1. The lowest BCUT2D eigenvalue weighted by molar-refractivity contribution is -0.145. The summed E-state index contributed by atoms with van der Waals surface area (Å²) in [7, 11) is 0. The Hall–Kier alpha value is -1.66. The van der Waals surface area contributed by atoms with E-state index in [0.717, 1.165) is 12.1 Å². The molecule has 17 heavy (non-hydrogen) atoms. The molecule has 0 aliphatic rings. The third kappa shape index (κ3) is 3.40. The first-order valence-corrected chi connectivity index (χ1v) is 4.40. The molecule has 1 rings (SSSR count). The lowest BCUT2D eigenvalue weighted by atomic mass is 10.0. The standard InChI is InChI=1S/C10H7F5O2/c11-9(12,5-8(16)17)6-2-1-3-7(4-6)10(13,14)15/h1-4H,5H2,(H,16,17). The van der Waals surface area contributed by atoms with E-state index in [4.69, 9.17) is 5.11 Å². The number of hydrogen-bond donors (Lipinski definition) is 1. The lowest BCUT2D eigenvalue weighted by Gasteiger charge is -2.16. The van der Waals surface area contributed by atoms with Crippen molar-refractivity contribution in [2.45, 2.75) is 18.5 Å². The highest BCUT2D eigenvalue weighted by atomic mass is 19.4. The van der Waals surface area contributed by atoms with Crippen LogP contribution >= 0.6 is 0 Å². The van der Waals surface area contributed by atoms with Gasteiger partial charge in [0.1, 0.15) is 6.42 Å². The topological polar surface area (TPSA) is 37.3 Å². The largest absolute Gasteiger partial charge is 0.481 e. The normalized spacial score (nSPS) is 12.5. The molecule has 94 valence electrons.